The lowest BCUT2D eigenvalue weighted by Gasteiger charge is -2.39. The number of likely N-dealkylation sites (tertiary alicyclic amines) is 1. The van der Waals surface area contributed by atoms with Crippen LogP contribution < -0.4 is 10.1 Å². The minimum Gasteiger partial charge on any atom is -0.490 e. The molecule has 0 spiro atoms. The summed E-state index contributed by atoms with van der Waals surface area (Å²) in [5.41, 5.74) is 1.07. The Labute approximate surface area is 189 Å². The summed E-state index contributed by atoms with van der Waals surface area (Å²) in [7, 11) is 1.80. The van der Waals surface area contributed by atoms with Crippen LogP contribution in [0.1, 0.15) is 25.3 Å². The maximum Gasteiger partial charge on any atom is 0.241 e. The summed E-state index contributed by atoms with van der Waals surface area (Å²) in [5, 5.41) is 2.56. The molecule has 7 nitrogen and oxygen atoms in total. The molecular formula is C25H31N3O4. The van der Waals surface area contributed by atoms with Crippen molar-refractivity contribution < 1.29 is 19.1 Å². The van der Waals surface area contributed by atoms with Crippen molar-refractivity contribution in [3.05, 3.63) is 66.2 Å². The molecule has 2 aromatic carbocycles. The Morgan fingerprint density at radius 1 is 1.06 bits per heavy atom. The van der Waals surface area contributed by atoms with E-state index in [1.54, 1.807) is 16.8 Å². The first-order chi connectivity index (χ1) is 15.4. The first-order valence-electron chi connectivity index (χ1n) is 10.9. The van der Waals surface area contributed by atoms with E-state index in [4.69, 9.17) is 4.74 Å². The van der Waals surface area contributed by atoms with Crippen molar-refractivity contribution in [3.8, 4) is 5.75 Å². The Bertz CT molecular complexity index is 904. The lowest BCUT2D eigenvalue weighted by Crippen LogP contribution is -2.51. The van der Waals surface area contributed by atoms with Gasteiger partial charge in [0.2, 0.25) is 17.7 Å². The maximum absolute atomic E-state index is 13.0. The van der Waals surface area contributed by atoms with Crippen molar-refractivity contribution in [3.63, 3.8) is 0 Å². The van der Waals surface area contributed by atoms with Crippen molar-refractivity contribution in [2.24, 2.45) is 5.92 Å². The van der Waals surface area contributed by atoms with Crippen molar-refractivity contribution >= 4 is 17.7 Å². The van der Waals surface area contributed by atoms with E-state index in [9.17, 15) is 14.4 Å². The lowest BCUT2D eigenvalue weighted by atomic mass is 9.90. The molecule has 0 bridgehead atoms. The Kier molecular flexibility index (Phi) is 8.25. The van der Waals surface area contributed by atoms with Crippen LogP contribution in [-0.2, 0) is 20.9 Å². The van der Waals surface area contributed by atoms with Gasteiger partial charge in [0.1, 0.15) is 11.9 Å². The van der Waals surface area contributed by atoms with Crippen LogP contribution in [-0.4, -0.2) is 60.3 Å². The van der Waals surface area contributed by atoms with E-state index >= 15 is 0 Å². The predicted molar refractivity (Wildman–Crippen MR) is 122 cm³/mol. The summed E-state index contributed by atoms with van der Waals surface area (Å²) in [4.78, 5) is 40.2. The topological polar surface area (TPSA) is 79.0 Å². The van der Waals surface area contributed by atoms with Gasteiger partial charge in [-0.2, -0.15) is 0 Å². The van der Waals surface area contributed by atoms with Gasteiger partial charge < -0.3 is 19.9 Å². The third-order valence-electron chi connectivity index (χ3n) is 5.66. The number of hydrogen-bond acceptors (Lipinski definition) is 4. The third kappa shape index (κ3) is 6.83. The van der Waals surface area contributed by atoms with Gasteiger partial charge in [-0.1, -0.05) is 48.5 Å². The van der Waals surface area contributed by atoms with E-state index in [0.717, 1.165) is 11.3 Å². The number of nitrogens with zero attached hydrogens (tertiary/aromatic N) is 2. The highest BCUT2D eigenvalue weighted by Crippen LogP contribution is 2.26. The summed E-state index contributed by atoms with van der Waals surface area (Å²) in [6.45, 7) is 2.83. The summed E-state index contributed by atoms with van der Waals surface area (Å²) in [6.07, 6.45) is 0.738. The van der Waals surface area contributed by atoms with Gasteiger partial charge in [0.15, 0.2) is 0 Å². The van der Waals surface area contributed by atoms with Gasteiger partial charge in [0.05, 0.1) is 6.54 Å². The Balaban J connectivity index is 1.67. The summed E-state index contributed by atoms with van der Waals surface area (Å²) in [5.74, 6) is 0.238. The zero-order valence-electron chi connectivity index (χ0n) is 18.7. The molecule has 1 aliphatic rings. The van der Waals surface area contributed by atoms with E-state index < -0.39 is 0 Å². The molecule has 7 heteroatoms. The van der Waals surface area contributed by atoms with Gasteiger partial charge >= 0.3 is 0 Å². The van der Waals surface area contributed by atoms with Crippen LogP contribution in [0.15, 0.2) is 60.7 Å². The van der Waals surface area contributed by atoms with Gasteiger partial charge in [-0.25, -0.2) is 0 Å². The molecule has 0 aromatic heterocycles. The van der Waals surface area contributed by atoms with Crippen LogP contribution in [0.5, 0.6) is 5.75 Å². The lowest BCUT2D eigenvalue weighted by molar-refractivity contribution is -0.139. The van der Waals surface area contributed by atoms with Crippen LogP contribution >= 0.6 is 0 Å². The molecule has 1 saturated heterocycles. The molecule has 1 N–H and O–H groups in total. The highest BCUT2D eigenvalue weighted by molar-refractivity contribution is 5.84. The van der Waals surface area contributed by atoms with Gasteiger partial charge in [-0.05, 0) is 17.7 Å². The van der Waals surface area contributed by atoms with Crippen LogP contribution in [0, 0.1) is 5.92 Å². The molecule has 32 heavy (non-hydrogen) atoms. The number of para-hydroxylation sites is 1. The van der Waals surface area contributed by atoms with E-state index in [2.05, 4.69) is 5.32 Å². The average molecular weight is 438 g/mol. The normalized spacial score (nSPS) is 18.0. The largest absolute Gasteiger partial charge is 0.490 e. The number of ether oxygens (including phenoxy) is 1. The van der Waals surface area contributed by atoms with Crippen molar-refractivity contribution in [2.75, 3.05) is 26.7 Å². The molecule has 3 rings (SSSR count). The van der Waals surface area contributed by atoms with Crippen molar-refractivity contribution in [1.82, 2.24) is 15.1 Å². The van der Waals surface area contributed by atoms with E-state index in [1.165, 1.54) is 6.92 Å². The first kappa shape index (κ1) is 23.3. The number of benzene rings is 2. The molecule has 0 unspecified atom stereocenters. The number of carbonyl (C=O) groups excluding carboxylic acids is 3. The third-order valence-corrected chi connectivity index (χ3v) is 5.66. The molecular weight excluding hydrogens is 406 g/mol. The Morgan fingerprint density at radius 2 is 1.72 bits per heavy atom. The van der Waals surface area contributed by atoms with Gasteiger partial charge in [0.25, 0.3) is 0 Å². The molecule has 2 aromatic rings. The molecule has 1 fully saturated rings. The molecule has 170 valence electrons. The summed E-state index contributed by atoms with van der Waals surface area (Å²) >= 11 is 0. The zero-order chi connectivity index (χ0) is 22.9. The number of amides is 3. The minimum atomic E-state index is -0.241. The van der Waals surface area contributed by atoms with Crippen LogP contribution in [0.3, 0.4) is 0 Å². The molecule has 0 saturated carbocycles. The predicted octanol–water partition coefficient (Wildman–Crippen LogP) is 2.47. The SMILES string of the molecule is CC(=O)NCC(=O)N1CC[C@H](Oc2ccccc2)[C@@H](CC(=O)N(C)Cc2ccccc2)C1. The molecule has 0 aliphatic carbocycles. The van der Waals surface area contributed by atoms with E-state index in [-0.39, 0.29) is 42.7 Å². The van der Waals surface area contributed by atoms with E-state index in [0.29, 0.717) is 26.1 Å². The van der Waals surface area contributed by atoms with Gasteiger partial charge in [-0.15, -0.1) is 0 Å². The second-order valence-corrected chi connectivity index (χ2v) is 8.21. The Morgan fingerprint density at radius 3 is 2.38 bits per heavy atom. The summed E-state index contributed by atoms with van der Waals surface area (Å²) in [6, 6.07) is 19.4. The fourth-order valence-electron chi connectivity index (χ4n) is 3.90. The number of hydrogen-bond donors (Lipinski definition) is 1. The quantitative estimate of drug-likeness (QED) is 0.688. The van der Waals surface area contributed by atoms with Crippen LogP contribution in [0.4, 0.5) is 0 Å². The number of piperidine rings is 1. The first-order valence-corrected chi connectivity index (χ1v) is 10.9. The molecule has 1 aliphatic heterocycles. The van der Waals surface area contributed by atoms with Crippen molar-refractivity contribution in [1.29, 1.82) is 0 Å². The van der Waals surface area contributed by atoms with E-state index in [1.807, 2.05) is 60.7 Å². The molecule has 2 atom stereocenters. The van der Waals surface area contributed by atoms with Crippen LogP contribution in [0.25, 0.3) is 0 Å². The molecule has 3 amide bonds. The zero-order valence-corrected chi connectivity index (χ0v) is 18.7. The Hall–Kier alpha value is -3.35. The maximum atomic E-state index is 13.0. The monoisotopic (exact) mass is 437 g/mol. The average Bonchev–Trinajstić information content (AvgIpc) is 2.79. The number of carbonyl (C=O) groups is 3. The van der Waals surface area contributed by atoms with Crippen LogP contribution in [0.2, 0.25) is 0 Å². The highest BCUT2D eigenvalue weighted by atomic mass is 16.5. The van der Waals surface area contributed by atoms with Crippen molar-refractivity contribution in [2.45, 2.75) is 32.4 Å². The van der Waals surface area contributed by atoms with Gasteiger partial charge in [-0.3, -0.25) is 14.4 Å². The second kappa shape index (κ2) is 11.3. The number of nitrogens with one attached hydrogen (secondary N) is 1. The van der Waals surface area contributed by atoms with Gasteiger partial charge in [0, 0.05) is 52.4 Å². The molecule has 0 radical (unpaired) electrons. The fraction of sp³-hybridized carbons (Fsp3) is 0.400. The molecule has 1 heterocycles. The summed E-state index contributed by atoms with van der Waals surface area (Å²) < 4.78 is 6.21. The standard InChI is InChI=1S/C25H31N3O4/c1-19(29)26-16-25(31)28-14-13-23(32-22-11-7-4-8-12-22)21(18-28)15-24(30)27(2)17-20-9-5-3-6-10-20/h3-12,21,23H,13-18H2,1-2H3,(H,26,29)/t21-,23-/m0/s1. The highest BCUT2D eigenvalue weighted by Gasteiger charge is 2.35. The minimum absolute atomic E-state index is 0.0108. The smallest absolute Gasteiger partial charge is 0.241 e. The second-order valence-electron chi connectivity index (χ2n) is 8.21. The fourth-order valence-corrected chi connectivity index (χ4v) is 3.90. The number of rotatable bonds is 8.